The molecule has 0 saturated carbocycles. The number of aryl methyl sites for hydroxylation is 2. The lowest BCUT2D eigenvalue weighted by molar-refractivity contribution is 0.103. The van der Waals surface area contributed by atoms with Crippen molar-refractivity contribution >= 4 is 17.2 Å². The summed E-state index contributed by atoms with van der Waals surface area (Å²) >= 11 is 0. The molecule has 6 heteroatoms. The minimum atomic E-state index is -1.53. The quantitative estimate of drug-likeness (QED) is 0.633. The van der Waals surface area contributed by atoms with Crippen LogP contribution in [0.2, 0.25) is 0 Å². The highest BCUT2D eigenvalue weighted by Crippen LogP contribution is 2.30. The molecule has 1 aliphatic carbocycles. The van der Waals surface area contributed by atoms with Gasteiger partial charge in [-0.3, -0.25) is 4.79 Å². The highest BCUT2D eigenvalue weighted by molar-refractivity contribution is 6.11. The van der Waals surface area contributed by atoms with Crippen molar-refractivity contribution in [3.63, 3.8) is 0 Å². The van der Waals surface area contributed by atoms with Gasteiger partial charge in [0.2, 0.25) is 0 Å². The van der Waals surface area contributed by atoms with E-state index in [1.807, 2.05) is 12.1 Å². The molecule has 3 aromatic rings. The molecule has 0 unspecified atom stereocenters. The summed E-state index contributed by atoms with van der Waals surface area (Å²) in [6.45, 7) is 0. The van der Waals surface area contributed by atoms with E-state index >= 15 is 0 Å². The molecule has 1 N–H and O–H groups in total. The van der Waals surface area contributed by atoms with E-state index < -0.39 is 17.5 Å². The Labute approximate surface area is 159 Å². The van der Waals surface area contributed by atoms with Gasteiger partial charge in [-0.25, -0.2) is 13.2 Å². The maximum Gasteiger partial charge on any atom is 0.196 e. The number of anilines is 2. The van der Waals surface area contributed by atoms with Gasteiger partial charge in [-0.15, -0.1) is 0 Å². The van der Waals surface area contributed by atoms with Gasteiger partial charge in [0.1, 0.15) is 5.75 Å². The van der Waals surface area contributed by atoms with Crippen molar-refractivity contribution in [3.8, 4) is 5.75 Å². The maximum atomic E-state index is 13.9. The van der Waals surface area contributed by atoms with Crippen LogP contribution in [0.1, 0.15) is 27.0 Å². The number of ether oxygens (including phenoxy) is 1. The number of hydrogen-bond donors (Lipinski definition) is 1. The van der Waals surface area contributed by atoms with Crippen LogP contribution >= 0.6 is 0 Å². The fourth-order valence-corrected chi connectivity index (χ4v) is 3.40. The first-order chi connectivity index (χ1) is 13.5. The van der Waals surface area contributed by atoms with E-state index in [1.165, 1.54) is 0 Å². The Morgan fingerprint density at radius 3 is 2.43 bits per heavy atom. The molecular weight excluding hydrogens is 367 g/mol. The summed E-state index contributed by atoms with van der Waals surface area (Å²) in [7, 11) is 1.55. The second kappa shape index (κ2) is 7.03. The normalized spacial score (nSPS) is 12.8. The molecule has 0 aliphatic heterocycles. The van der Waals surface area contributed by atoms with Crippen molar-refractivity contribution in [2.45, 2.75) is 12.8 Å². The Kier molecular flexibility index (Phi) is 4.55. The smallest absolute Gasteiger partial charge is 0.196 e. The lowest BCUT2D eigenvalue weighted by Crippen LogP contribution is -2.05. The zero-order valence-corrected chi connectivity index (χ0v) is 15.0. The van der Waals surface area contributed by atoms with E-state index in [1.54, 1.807) is 31.4 Å². The van der Waals surface area contributed by atoms with Gasteiger partial charge >= 0.3 is 0 Å². The van der Waals surface area contributed by atoms with Crippen molar-refractivity contribution in [1.82, 2.24) is 0 Å². The average molecular weight is 383 g/mol. The van der Waals surface area contributed by atoms with Crippen LogP contribution in [0, 0.1) is 17.5 Å². The van der Waals surface area contributed by atoms with E-state index in [-0.39, 0.29) is 11.5 Å². The van der Waals surface area contributed by atoms with Gasteiger partial charge in [-0.2, -0.15) is 0 Å². The molecule has 1 aliphatic rings. The predicted molar refractivity (Wildman–Crippen MR) is 99.9 cm³/mol. The number of carbonyl (C=O) groups excluding carboxylic acids is 1. The molecule has 0 spiro atoms. The van der Waals surface area contributed by atoms with Crippen LogP contribution in [-0.2, 0) is 12.8 Å². The number of hydrogen-bond acceptors (Lipinski definition) is 3. The summed E-state index contributed by atoms with van der Waals surface area (Å²) in [6, 6.07) is 12.4. The summed E-state index contributed by atoms with van der Waals surface area (Å²) < 4.78 is 45.7. The van der Waals surface area contributed by atoms with Crippen molar-refractivity contribution in [2.24, 2.45) is 0 Å². The van der Waals surface area contributed by atoms with Crippen LogP contribution in [0.25, 0.3) is 0 Å². The summed E-state index contributed by atoms with van der Waals surface area (Å²) in [5, 5.41) is 2.75. The van der Waals surface area contributed by atoms with Crippen LogP contribution in [0.15, 0.2) is 48.5 Å². The molecule has 0 fully saturated rings. The first-order valence-electron chi connectivity index (χ1n) is 8.73. The van der Waals surface area contributed by atoms with E-state index in [9.17, 15) is 18.0 Å². The van der Waals surface area contributed by atoms with Gasteiger partial charge in [0.25, 0.3) is 0 Å². The Morgan fingerprint density at radius 1 is 0.857 bits per heavy atom. The molecule has 4 rings (SSSR count). The third-order valence-corrected chi connectivity index (χ3v) is 4.89. The third kappa shape index (κ3) is 3.11. The van der Waals surface area contributed by atoms with Gasteiger partial charge in [-0.1, -0.05) is 6.07 Å². The number of nitrogens with one attached hydrogen (secondary N) is 1. The molecule has 0 aromatic heterocycles. The average Bonchev–Trinajstić information content (AvgIpc) is 2.85. The molecule has 3 nitrogen and oxygen atoms in total. The largest absolute Gasteiger partial charge is 0.497 e. The topological polar surface area (TPSA) is 38.3 Å². The van der Waals surface area contributed by atoms with Crippen LogP contribution in [0.4, 0.5) is 24.5 Å². The number of carbonyl (C=O) groups is 1. The zero-order chi connectivity index (χ0) is 19.8. The van der Waals surface area contributed by atoms with Gasteiger partial charge in [0, 0.05) is 16.8 Å². The van der Waals surface area contributed by atoms with Crippen molar-refractivity contribution in [3.05, 3.63) is 88.2 Å². The summed E-state index contributed by atoms with van der Waals surface area (Å²) in [4.78, 5) is 13.0. The SMILES string of the molecule is COc1ccc2c(c1)C(=O)c1ccc(Nc3ccc(F)c(F)c3F)cc1CC2. The molecule has 0 heterocycles. The molecule has 0 saturated heterocycles. The van der Waals surface area contributed by atoms with Crippen LogP contribution in [-0.4, -0.2) is 12.9 Å². The molecule has 142 valence electrons. The standard InChI is InChI=1S/C22H16F3NO2/c1-28-15-6-4-12-2-3-13-10-14(5-7-16(13)22(27)17(12)11-15)26-19-9-8-18(23)20(24)21(19)25/h4-11,26H,2-3H2,1H3. The highest BCUT2D eigenvalue weighted by atomic mass is 19.2. The van der Waals surface area contributed by atoms with Crippen molar-refractivity contribution in [1.29, 1.82) is 0 Å². The number of halogens is 3. The van der Waals surface area contributed by atoms with Gasteiger partial charge in [0.05, 0.1) is 12.8 Å². The van der Waals surface area contributed by atoms with E-state index in [0.29, 0.717) is 35.4 Å². The second-order valence-corrected chi connectivity index (χ2v) is 6.57. The Morgan fingerprint density at radius 2 is 1.64 bits per heavy atom. The first kappa shape index (κ1) is 18.1. The Bertz CT molecular complexity index is 1100. The van der Waals surface area contributed by atoms with E-state index in [4.69, 9.17) is 4.74 Å². The second-order valence-electron chi connectivity index (χ2n) is 6.57. The van der Waals surface area contributed by atoms with Crippen LogP contribution in [0.3, 0.4) is 0 Å². The minimum Gasteiger partial charge on any atom is -0.497 e. The summed E-state index contributed by atoms with van der Waals surface area (Å²) in [6.07, 6.45) is 1.29. The number of methoxy groups -OCH3 is 1. The lowest BCUT2D eigenvalue weighted by atomic mass is 9.98. The van der Waals surface area contributed by atoms with Gasteiger partial charge in [-0.05, 0) is 66.4 Å². The zero-order valence-electron chi connectivity index (χ0n) is 15.0. The fraction of sp³-hybridized carbons (Fsp3) is 0.136. The monoisotopic (exact) mass is 383 g/mol. The minimum absolute atomic E-state index is 0.105. The Hall–Kier alpha value is -3.28. The van der Waals surface area contributed by atoms with Crippen molar-refractivity contribution < 1.29 is 22.7 Å². The van der Waals surface area contributed by atoms with Gasteiger partial charge < -0.3 is 10.1 Å². The fourth-order valence-electron chi connectivity index (χ4n) is 3.40. The number of rotatable bonds is 3. The highest BCUT2D eigenvalue weighted by Gasteiger charge is 2.22. The van der Waals surface area contributed by atoms with Crippen LogP contribution in [0.5, 0.6) is 5.75 Å². The van der Waals surface area contributed by atoms with Crippen molar-refractivity contribution in [2.75, 3.05) is 12.4 Å². The molecule has 3 aromatic carbocycles. The number of fused-ring (bicyclic) bond motifs is 2. The number of benzene rings is 3. The lowest BCUT2D eigenvalue weighted by Gasteiger charge is -2.12. The molecule has 0 atom stereocenters. The molecule has 0 radical (unpaired) electrons. The molecular formula is C22H16F3NO2. The van der Waals surface area contributed by atoms with Crippen LogP contribution < -0.4 is 10.1 Å². The molecule has 0 amide bonds. The number of ketones is 1. The first-order valence-corrected chi connectivity index (χ1v) is 8.73. The van der Waals surface area contributed by atoms with E-state index in [2.05, 4.69) is 5.32 Å². The maximum absolute atomic E-state index is 13.9. The molecule has 28 heavy (non-hydrogen) atoms. The van der Waals surface area contributed by atoms with Gasteiger partial charge in [0.15, 0.2) is 23.2 Å². The molecule has 0 bridgehead atoms. The third-order valence-electron chi connectivity index (χ3n) is 4.89. The summed E-state index contributed by atoms with van der Waals surface area (Å²) in [5.41, 5.74) is 3.21. The predicted octanol–water partition coefficient (Wildman–Crippen LogP) is 5.19. The summed E-state index contributed by atoms with van der Waals surface area (Å²) in [5.74, 6) is -3.55. The van der Waals surface area contributed by atoms with E-state index in [0.717, 1.165) is 23.3 Å². The Balaban J connectivity index is 1.68.